The zero-order chi connectivity index (χ0) is 14.8. The molecular formula is C14H26N4O. The first-order valence-corrected chi connectivity index (χ1v) is 6.66. The van der Waals surface area contributed by atoms with Crippen LogP contribution in [0, 0.1) is 13.8 Å². The monoisotopic (exact) mass is 266 g/mol. The predicted molar refractivity (Wildman–Crippen MR) is 76.9 cm³/mol. The first-order valence-electron chi connectivity index (χ1n) is 6.66. The summed E-state index contributed by atoms with van der Waals surface area (Å²) in [4.78, 5) is 12.0. The van der Waals surface area contributed by atoms with Crippen LogP contribution in [0.3, 0.4) is 0 Å². The van der Waals surface area contributed by atoms with Gasteiger partial charge in [0.1, 0.15) is 0 Å². The van der Waals surface area contributed by atoms with Crippen molar-refractivity contribution in [2.24, 2.45) is 7.05 Å². The van der Waals surface area contributed by atoms with Gasteiger partial charge in [-0.1, -0.05) is 0 Å². The number of carbonyl (C=O) groups is 1. The Balaban J connectivity index is 2.59. The minimum atomic E-state index is -0.224. The lowest BCUT2D eigenvalue weighted by Gasteiger charge is -2.23. The Morgan fingerprint density at radius 2 is 1.95 bits per heavy atom. The van der Waals surface area contributed by atoms with Gasteiger partial charge >= 0.3 is 0 Å². The summed E-state index contributed by atoms with van der Waals surface area (Å²) in [7, 11) is 1.93. The van der Waals surface area contributed by atoms with Gasteiger partial charge in [-0.15, -0.1) is 0 Å². The van der Waals surface area contributed by atoms with Crippen LogP contribution in [0.4, 0.5) is 0 Å². The van der Waals surface area contributed by atoms with E-state index >= 15 is 0 Å². The lowest BCUT2D eigenvalue weighted by Crippen LogP contribution is -2.49. The minimum absolute atomic E-state index is 0.0201. The second-order valence-corrected chi connectivity index (χ2v) is 6.11. The lowest BCUT2D eigenvalue weighted by molar-refractivity contribution is -0.124. The fourth-order valence-corrected chi connectivity index (χ4v) is 1.90. The van der Waals surface area contributed by atoms with Crippen molar-refractivity contribution in [3.8, 4) is 0 Å². The summed E-state index contributed by atoms with van der Waals surface area (Å²) in [6, 6.07) is -0.224. The third kappa shape index (κ3) is 4.35. The number of hydrogen-bond donors (Lipinski definition) is 2. The molecule has 0 bridgehead atoms. The highest BCUT2D eigenvalue weighted by Gasteiger charge is 2.19. The molecule has 1 aromatic heterocycles. The largest absolute Gasteiger partial charge is 0.350 e. The zero-order valence-electron chi connectivity index (χ0n) is 13.1. The van der Waals surface area contributed by atoms with Gasteiger partial charge in [-0.05, 0) is 41.5 Å². The maximum Gasteiger partial charge on any atom is 0.237 e. The Hall–Kier alpha value is -1.36. The third-order valence-corrected chi connectivity index (χ3v) is 3.14. The van der Waals surface area contributed by atoms with Crippen LogP contribution in [0.25, 0.3) is 0 Å². The van der Waals surface area contributed by atoms with Crippen LogP contribution < -0.4 is 10.6 Å². The van der Waals surface area contributed by atoms with Gasteiger partial charge in [-0.2, -0.15) is 5.10 Å². The molecule has 0 aliphatic carbocycles. The quantitative estimate of drug-likeness (QED) is 0.867. The molecule has 5 nitrogen and oxygen atoms in total. The molecule has 0 saturated carbocycles. The Morgan fingerprint density at radius 3 is 2.37 bits per heavy atom. The maximum absolute atomic E-state index is 12.0. The van der Waals surface area contributed by atoms with E-state index in [0.29, 0.717) is 6.54 Å². The van der Waals surface area contributed by atoms with Crippen molar-refractivity contribution < 1.29 is 4.79 Å². The molecule has 5 heteroatoms. The molecule has 0 aromatic carbocycles. The summed E-state index contributed by atoms with van der Waals surface area (Å²) in [5.74, 6) is 0.0201. The first-order chi connectivity index (χ1) is 8.61. The Kier molecular flexibility index (Phi) is 4.74. The second kappa shape index (κ2) is 5.74. The molecule has 1 amide bonds. The summed E-state index contributed by atoms with van der Waals surface area (Å²) in [5, 5.41) is 10.6. The molecule has 1 aromatic rings. The Morgan fingerprint density at radius 1 is 1.37 bits per heavy atom. The summed E-state index contributed by atoms with van der Waals surface area (Å²) < 4.78 is 1.87. The SMILES string of the molecule is Cc1nn(C)c(C)c1CNC(C)C(=O)NC(C)(C)C. The minimum Gasteiger partial charge on any atom is -0.350 e. The van der Waals surface area contributed by atoms with Crippen molar-refractivity contribution in [2.45, 2.75) is 59.7 Å². The van der Waals surface area contributed by atoms with Crippen LogP contribution in [0.1, 0.15) is 44.6 Å². The number of amides is 1. The van der Waals surface area contributed by atoms with E-state index in [2.05, 4.69) is 15.7 Å². The van der Waals surface area contributed by atoms with Crippen molar-refractivity contribution in [1.29, 1.82) is 0 Å². The second-order valence-electron chi connectivity index (χ2n) is 6.11. The lowest BCUT2D eigenvalue weighted by atomic mass is 10.1. The fraction of sp³-hybridized carbons (Fsp3) is 0.714. The average molecular weight is 266 g/mol. The van der Waals surface area contributed by atoms with Gasteiger partial charge in [0.05, 0.1) is 11.7 Å². The van der Waals surface area contributed by atoms with Gasteiger partial charge in [-0.25, -0.2) is 0 Å². The summed E-state index contributed by atoms with van der Waals surface area (Å²) >= 11 is 0. The van der Waals surface area contributed by atoms with Crippen LogP contribution >= 0.6 is 0 Å². The van der Waals surface area contributed by atoms with Crippen molar-refractivity contribution in [2.75, 3.05) is 0 Å². The number of aryl methyl sites for hydroxylation is 2. The molecule has 1 heterocycles. The standard InChI is InChI=1S/C14H26N4O/c1-9-12(11(3)18(7)17-9)8-15-10(2)13(19)16-14(4,5)6/h10,15H,8H2,1-7H3,(H,16,19). The summed E-state index contributed by atoms with van der Waals surface area (Å²) in [5.41, 5.74) is 3.11. The molecular weight excluding hydrogens is 240 g/mol. The highest BCUT2D eigenvalue weighted by Crippen LogP contribution is 2.11. The van der Waals surface area contributed by atoms with Crippen molar-refractivity contribution in [3.63, 3.8) is 0 Å². The molecule has 0 saturated heterocycles. The Bertz CT molecular complexity index is 457. The number of rotatable bonds is 4. The van der Waals surface area contributed by atoms with Crippen LogP contribution in [-0.2, 0) is 18.4 Å². The number of hydrogen-bond acceptors (Lipinski definition) is 3. The van der Waals surface area contributed by atoms with E-state index in [1.807, 2.05) is 53.3 Å². The molecule has 0 aliphatic rings. The van der Waals surface area contributed by atoms with Crippen molar-refractivity contribution >= 4 is 5.91 Å². The van der Waals surface area contributed by atoms with E-state index in [9.17, 15) is 4.79 Å². The fourth-order valence-electron chi connectivity index (χ4n) is 1.90. The molecule has 2 N–H and O–H groups in total. The van der Waals surface area contributed by atoms with Gasteiger partial charge in [0, 0.05) is 30.4 Å². The predicted octanol–water partition coefficient (Wildman–Crippen LogP) is 1.43. The first kappa shape index (κ1) is 15.7. The van der Waals surface area contributed by atoms with Gasteiger partial charge < -0.3 is 10.6 Å². The van der Waals surface area contributed by atoms with Crippen LogP contribution in [0.15, 0.2) is 0 Å². The highest BCUT2D eigenvalue weighted by molar-refractivity contribution is 5.81. The number of aromatic nitrogens is 2. The van der Waals surface area contributed by atoms with Gasteiger partial charge in [0.25, 0.3) is 0 Å². The average Bonchev–Trinajstić information content (AvgIpc) is 2.48. The number of nitrogens with one attached hydrogen (secondary N) is 2. The molecule has 1 atom stereocenters. The topological polar surface area (TPSA) is 59.0 Å². The normalized spacial score (nSPS) is 13.4. The Labute approximate surface area is 115 Å². The van der Waals surface area contributed by atoms with E-state index in [4.69, 9.17) is 0 Å². The smallest absolute Gasteiger partial charge is 0.237 e. The molecule has 1 rings (SSSR count). The summed E-state index contributed by atoms with van der Waals surface area (Å²) in [6.07, 6.45) is 0. The van der Waals surface area contributed by atoms with E-state index in [0.717, 1.165) is 17.0 Å². The summed E-state index contributed by atoms with van der Waals surface area (Å²) in [6.45, 7) is 12.5. The molecule has 0 spiro atoms. The third-order valence-electron chi connectivity index (χ3n) is 3.14. The molecule has 0 radical (unpaired) electrons. The van der Waals surface area contributed by atoms with Gasteiger partial charge in [-0.3, -0.25) is 9.48 Å². The van der Waals surface area contributed by atoms with Crippen LogP contribution in [0.5, 0.6) is 0 Å². The maximum atomic E-state index is 12.0. The zero-order valence-corrected chi connectivity index (χ0v) is 13.1. The van der Waals surface area contributed by atoms with Gasteiger partial charge in [0.15, 0.2) is 0 Å². The molecule has 0 fully saturated rings. The van der Waals surface area contributed by atoms with E-state index in [-0.39, 0.29) is 17.5 Å². The molecule has 108 valence electrons. The van der Waals surface area contributed by atoms with Crippen molar-refractivity contribution in [1.82, 2.24) is 20.4 Å². The molecule has 19 heavy (non-hydrogen) atoms. The number of carbonyl (C=O) groups excluding carboxylic acids is 1. The van der Waals surface area contributed by atoms with E-state index < -0.39 is 0 Å². The molecule has 1 unspecified atom stereocenters. The van der Waals surface area contributed by atoms with E-state index in [1.54, 1.807) is 0 Å². The highest BCUT2D eigenvalue weighted by atomic mass is 16.2. The van der Waals surface area contributed by atoms with Gasteiger partial charge in [0.2, 0.25) is 5.91 Å². The van der Waals surface area contributed by atoms with Crippen LogP contribution in [-0.4, -0.2) is 27.3 Å². The molecule has 0 aliphatic heterocycles. The number of nitrogens with zero attached hydrogens (tertiary/aromatic N) is 2. The van der Waals surface area contributed by atoms with E-state index in [1.165, 1.54) is 0 Å². The van der Waals surface area contributed by atoms with Crippen LogP contribution in [0.2, 0.25) is 0 Å². The van der Waals surface area contributed by atoms with Crippen molar-refractivity contribution in [3.05, 3.63) is 17.0 Å².